The lowest BCUT2D eigenvalue weighted by Gasteiger charge is -2.10. The Morgan fingerprint density at radius 3 is 2.43 bits per heavy atom. The zero-order valence-corrected chi connectivity index (χ0v) is 9.05. The number of ketones is 1. The number of rotatable bonds is 3. The van der Waals surface area contributed by atoms with Crippen molar-refractivity contribution < 1.29 is 4.79 Å². The first kappa shape index (κ1) is 10.7. The number of aryl methyl sites for hydroxylation is 2. The van der Waals surface area contributed by atoms with E-state index < -0.39 is 0 Å². The summed E-state index contributed by atoms with van der Waals surface area (Å²) in [4.78, 5) is 11.3. The van der Waals surface area contributed by atoms with Gasteiger partial charge in [0, 0.05) is 6.42 Å². The summed E-state index contributed by atoms with van der Waals surface area (Å²) in [7, 11) is 0. The first-order valence-electron chi connectivity index (χ1n) is 4.77. The molecule has 0 bridgehead atoms. The molecule has 0 N–H and O–H groups in total. The molecule has 1 aromatic carbocycles. The Morgan fingerprint density at radius 1 is 1.29 bits per heavy atom. The molecule has 0 aromatic heterocycles. The lowest BCUT2D eigenvalue weighted by molar-refractivity contribution is -0.114. The maximum absolute atomic E-state index is 11.3. The van der Waals surface area contributed by atoms with Gasteiger partial charge in [0.1, 0.15) is 0 Å². The van der Waals surface area contributed by atoms with Crippen LogP contribution in [0, 0.1) is 20.8 Å². The summed E-state index contributed by atoms with van der Waals surface area (Å²) in [6.07, 6.45) is 1.87. The third-order valence-electron chi connectivity index (χ3n) is 2.68. The van der Waals surface area contributed by atoms with Gasteiger partial charge < -0.3 is 0 Å². The number of benzene rings is 1. The Hall–Kier alpha value is -1.37. The molecule has 0 amide bonds. The van der Waals surface area contributed by atoms with Crippen LogP contribution in [0.1, 0.15) is 22.3 Å². The van der Waals surface area contributed by atoms with Crippen LogP contribution >= 0.6 is 0 Å². The van der Waals surface area contributed by atoms with Gasteiger partial charge in [0.2, 0.25) is 0 Å². The molecular weight excluding hydrogens is 172 g/mol. The summed E-state index contributed by atoms with van der Waals surface area (Å²) in [5, 5.41) is 0. The number of allylic oxidation sites excluding steroid dienone is 1. The van der Waals surface area contributed by atoms with Crippen LogP contribution < -0.4 is 0 Å². The molecule has 0 unspecified atom stereocenters. The molecule has 0 saturated carbocycles. The molecule has 0 saturated heterocycles. The van der Waals surface area contributed by atoms with Gasteiger partial charge in [-0.15, -0.1) is 0 Å². The zero-order chi connectivity index (χ0) is 10.7. The highest BCUT2D eigenvalue weighted by atomic mass is 16.1. The maximum atomic E-state index is 11.3. The average molecular weight is 188 g/mol. The lowest BCUT2D eigenvalue weighted by Crippen LogP contribution is -2.03. The number of carbonyl (C=O) groups is 1. The maximum Gasteiger partial charge on any atom is 0.159 e. The van der Waals surface area contributed by atoms with Gasteiger partial charge in [-0.25, -0.2) is 0 Å². The minimum Gasteiger partial charge on any atom is -0.295 e. The van der Waals surface area contributed by atoms with E-state index in [4.69, 9.17) is 0 Å². The van der Waals surface area contributed by atoms with E-state index >= 15 is 0 Å². The van der Waals surface area contributed by atoms with E-state index in [0.29, 0.717) is 6.42 Å². The van der Waals surface area contributed by atoms with Crippen LogP contribution in [0.2, 0.25) is 0 Å². The van der Waals surface area contributed by atoms with Crippen LogP contribution in [-0.4, -0.2) is 5.78 Å². The fourth-order valence-electron chi connectivity index (χ4n) is 1.53. The predicted molar refractivity (Wildman–Crippen MR) is 59.6 cm³/mol. The fraction of sp³-hybridized carbons (Fsp3) is 0.308. The number of carbonyl (C=O) groups excluding carboxylic acids is 1. The van der Waals surface area contributed by atoms with Crippen molar-refractivity contribution >= 4 is 5.78 Å². The standard InChI is InChI=1S/C13H16O/c1-5-12(14)8-13-10(3)7-6-9(2)11(13)4/h5-7H,1,8H2,2-4H3. The van der Waals surface area contributed by atoms with Crippen molar-refractivity contribution in [2.24, 2.45) is 0 Å². The molecule has 74 valence electrons. The van der Waals surface area contributed by atoms with Crippen molar-refractivity contribution in [3.05, 3.63) is 47.0 Å². The highest BCUT2D eigenvalue weighted by Crippen LogP contribution is 2.18. The second-order valence-electron chi connectivity index (χ2n) is 3.65. The van der Waals surface area contributed by atoms with Gasteiger partial charge in [0.25, 0.3) is 0 Å². The van der Waals surface area contributed by atoms with E-state index in [2.05, 4.69) is 32.6 Å². The zero-order valence-electron chi connectivity index (χ0n) is 9.05. The predicted octanol–water partition coefficient (Wildman–Crippen LogP) is 2.91. The van der Waals surface area contributed by atoms with Crippen LogP contribution in [-0.2, 0) is 11.2 Å². The molecule has 0 aliphatic heterocycles. The van der Waals surface area contributed by atoms with Crippen LogP contribution in [0.5, 0.6) is 0 Å². The van der Waals surface area contributed by atoms with Crippen molar-refractivity contribution in [3.63, 3.8) is 0 Å². The molecule has 0 radical (unpaired) electrons. The Kier molecular flexibility index (Phi) is 3.23. The minimum atomic E-state index is 0.0850. The van der Waals surface area contributed by atoms with Crippen molar-refractivity contribution in [1.82, 2.24) is 0 Å². The average Bonchev–Trinajstić information content (AvgIpc) is 2.18. The number of hydrogen-bond acceptors (Lipinski definition) is 1. The van der Waals surface area contributed by atoms with E-state index in [1.165, 1.54) is 22.8 Å². The van der Waals surface area contributed by atoms with Crippen LogP contribution in [0.25, 0.3) is 0 Å². The van der Waals surface area contributed by atoms with Crippen LogP contribution in [0.3, 0.4) is 0 Å². The summed E-state index contributed by atoms with van der Waals surface area (Å²) in [6, 6.07) is 4.15. The SMILES string of the molecule is C=CC(=O)Cc1c(C)ccc(C)c1C. The van der Waals surface area contributed by atoms with Gasteiger partial charge in [-0.05, 0) is 49.1 Å². The molecule has 0 heterocycles. The monoisotopic (exact) mass is 188 g/mol. The summed E-state index contributed by atoms with van der Waals surface area (Å²) >= 11 is 0. The van der Waals surface area contributed by atoms with Crippen LogP contribution in [0.4, 0.5) is 0 Å². The van der Waals surface area contributed by atoms with Gasteiger partial charge in [-0.2, -0.15) is 0 Å². The summed E-state index contributed by atoms with van der Waals surface area (Å²) < 4.78 is 0. The molecule has 14 heavy (non-hydrogen) atoms. The molecule has 0 atom stereocenters. The summed E-state index contributed by atoms with van der Waals surface area (Å²) in [6.45, 7) is 9.66. The Balaban J connectivity index is 3.12. The first-order valence-corrected chi connectivity index (χ1v) is 4.77. The Labute approximate surface area is 85.5 Å². The van der Waals surface area contributed by atoms with Crippen molar-refractivity contribution in [2.45, 2.75) is 27.2 Å². The summed E-state index contributed by atoms with van der Waals surface area (Å²) in [5.74, 6) is 0.0850. The molecule has 1 nitrogen and oxygen atoms in total. The van der Waals surface area contributed by atoms with Gasteiger partial charge in [0.05, 0.1) is 0 Å². The Bertz CT molecular complexity index is 375. The molecule has 1 aromatic rings. The molecule has 0 fully saturated rings. The third kappa shape index (κ3) is 2.11. The lowest BCUT2D eigenvalue weighted by atomic mass is 9.95. The largest absolute Gasteiger partial charge is 0.295 e. The third-order valence-corrected chi connectivity index (χ3v) is 2.68. The van der Waals surface area contributed by atoms with E-state index in [9.17, 15) is 4.79 Å². The molecule has 0 spiro atoms. The van der Waals surface area contributed by atoms with Gasteiger partial charge in [-0.1, -0.05) is 18.7 Å². The van der Waals surface area contributed by atoms with Gasteiger partial charge in [-0.3, -0.25) is 4.79 Å². The van der Waals surface area contributed by atoms with Gasteiger partial charge >= 0.3 is 0 Å². The Morgan fingerprint density at radius 2 is 1.86 bits per heavy atom. The summed E-state index contributed by atoms with van der Waals surface area (Å²) in [5.41, 5.74) is 4.79. The van der Waals surface area contributed by atoms with E-state index in [1.54, 1.807) is 0 Å². The quantitative estimate of drug-likeness (QED) is 0.666. The molecule has 0 aliphatic rings. The highest BCUT2D eigenvalue weighted by Gasteiger charge is 2.07. The van der Waals surface area contributed by atoms with E-state index in [1.807, 2.05) is 6.92 Å². The van der Waals surface area contributed by atoms with Crippen LogP contribution in [0.15, 0.2) is 24.8 Å². The molecular formula is C13H16O. The highest BCUT2D eigenvalue weighted by molar-refractivity contribution is 5.91. The molecule has 0 aliphatic carbocycles. The topological polar surface area (TPSA) is 17.1 Å². The normalized spacial score (nSPS) is 9.93. The first-order chi connectivity index (χ1) is 6.56. The molecule has 1 heteroatoms. The smallest absolute Gasteiger partial charge is 0.159 e. The second-order valence-corrected chi connectivity index (χ2v) is 3.65. The molecule has 1 rings (SSSR count). The van der Waals surface area contributed by atoms with E-state index in [-0.39, 0.29) is 5.78 Å². The number of hydrogen-bond donors (Lipinski definition) is 0. The second kappa shape index (κ2) is 4.23. The van der Waals surface area contributed by atoms with E-state index in [0.717, 1.165) is 5.56 Å². The van der Waals surface area contributed by atoms with Crippen molar-refractivity contribution in [3.8, 4) is 0 Å². The fourth-order valence-corrected chi connectivity index (χ4v) is 1.53. The van der Waals surface area contributed by atoms with Crippen molar-refractivity contribution in [1.29, 1.82) is 0 Å². The van der Waals surface area contributed by atoms with Crippen molar-refractivity contribution in [2.75, 3.05) is 0 Å². The van der Waals surface area contributed by atoms with Gasteiger partial charge in [0.15, 0.2) is 5.78 Å². The minimum absolute atomic E-state index is 0.0850.